The number of hydrogen-bond acceptors (Lipinski definition) is 10. The van der Waals surface area contributed by atoms with Crippen LogP contribution in [0.2, 0.25) is 0 Å². The summed E-state index contributed by atoms with van der Waals surface area (Å²) in [5, 5.41) is 47.7. The van der Waals surface area contributed by atoms with Crippen LogP contribution in [0.4, 0.5) is 0 Å². The highest BCUT2D eigenvalue weighted by Gasteiger charge is 2.59. The Bertz CT molecular complexity index is 1290. The summed E-state index contributed by atoms with van der Waals surface area (Å²) in [6.45, 7) is 13.8. The first kappa shape index (κ1) is 39.3. The molecule has 0 radical (unpaired) electrons. The van der Waals surface area contributed by atoms with Gasteiger partial charge in [-0.25, -0.2) is 4.68 Å². The SMILES string of the molecule is CC(C)CCC[C@@H](C)[C@H]1CC[C@H]2[C@@H]3CC=C4C[C@@H](OCc5cn(CCOCCO[C@H]6OC(CO)[C@@H](O)C(O)C6O)nn5)CC[C@]4(C)[C@H]3CC[C@]12C. The average molecular weight is 718 g/mol. The fourth-order valence-electron chi connectivity index (χ4n) is 11.2. The van der Waals surface area contributed by atoms with Crippen LogP contribution in [0.5, 0.6) is 0 Å². The summed E-state index contributed by atoms with van der Waals surface area (Å²) in [4.78, 5) is 0. The van der Waals surface area contributed by atoms with Gasteiger partial charge in [-0.1, -0.05) is 70.7 Å². The van der Waals surface area contributed by atoms with E-state index in [-0.39, 0.29) is 19.3 Å². The standard InChI is InChI=1S/C40H67N3O8/c1-25(2)7-6-8-26(3)31-11-12-32-30-10-9-27-21-29(13-15-39(27,4)33(30)14-16-40(31,32)5)50-24-28-22-43(42-41-28)17-18-48-19-20-49-38-37(47)36(46)35(45)34(23-44)51-38/h9,22,25-26,29-38,44-47H,6-8,10-21,23-24H2,1-5H3/t26-,29+,30+,31-,32+,33+,34?,35-,36?,37?,38+,39+,40-/m1/s1. The average Bonchev–Trinajstić information content (AvgIpc) is 3.72. The Labute approximate surface area is 305 Å². The number of aliphatic hydroxyl groups excluding tert-OH is 4. The molecule has 4 fully saturated rings. The van der Waals surface area contributed by atoms with E-state index in [4.69, 9.17) is 18.9 Å². The molecule has 3 unspecified atom stereocenters. The normalized spacial score (nSPS) is 40.1. The summed E-state index contributed by atoms with van der Waals surface area (Å²) in [7, 11) is 0. The van der Waals surface area contributed by atoms with Crippen LogP contribution in [0, 0.1) is 46.3 Å². The van der Waals surface area contributed by atoms with Gasteiger partial charge in [0.15, 0.2) is 6.29 Å². The summed E-state index contributed by atoms with van der Waals surface area (Å²) in [5.41, 5.74) is 3.30. The molecule has 1 aromatic rings. The van der Waals surface area contributed by atoms with E-state index >= 15 is 0 Å². The first-order valence-electron chi connectivity index (χ1n) is 20.1. The quantitative estimate of drug-likeness (QED) is 0.136. The molecule has 11 heteroatoms. The van der Waals surface area contributed by atoms with E-state index in [2.05, 4.69) is 51.0 Å². The highest BCUT2D eigenvalue weighted by molar-refractivity contribution is 5.25. The lowest BCUT2D eigenvalue weighted by Gasteiger charge is -2.58. The summed E-state index contributed by atoms with van der Waals surface area (Å²) >= 11 is 0. The molecule has 3 saturated carbocycles. The zero-order valence-electron chi connectivity index (χ0n) is 31.9. The number of hydrogen-bond donors (Lipinski definition) is 4. The van der Waals surface area contributed by atoms with Crippen LogP contribution in [0.3, 0.4) is 0 Å². The Morgan fingerprint density at radius 2 is 1.76 bits per heavy atom. The van der Waals surface area contributed by atoms with Gasteiger partial charge in [0.2, 0.25) is 0 Å². The van der Waals surface area contributed by atoms with Crippen molar-refractivity contribution in [3.63, 3.8) is 0 Å². The molecule has 4 N–H and O–H groups in total. The van der Waals surface area contributed by atoms with Gasteiger partial charge >= 0.3 is 0 Å². The maximum atomic E-state index is 10.1. The molecular weight excluding hydrogens is 650 g/mol. The third kappa shape index (κ3) is 8.46. The first-order chi connectivity index (χ1) is 24.4. The third-order valence-corrected chi connectivity index (χ3v) is 14.1. The van der Waals surface area contributed by atoms with Crippen molar-refractivity contribution >= 4 is 0 Å². The van der Waals surface area contributed by atoms with Crippen molar-refractivity contribution < 1.29 is 39.4 Å². The van der Waals surface area contributed by atoms with E-state index < -0.39 is 37.3 Å². The smallest absolute Gasteiger partial charge is 0.186 e. The van der Waals surface area contributed by atoms with Crippen molar-refractivity contribution in [3.8, 4) is 0 Å². The zero-order chi connectivity index (χ0) is 36.3. The minimum Gasteiger partial charge on any atom is -0.394 e. The molecule has 0 aromatic carbocycles. The molecule has 5 aliphatic rings. The third-order valence-electron chi connectivity index (χ3n) is 14.1. The van der Waals surface area contributed by atoms with Gasteiger partial charge in [0.05, 0.1) is 51.9 Å². The van der Waals surface area contributed by atoms with E-state index in [1.54, 1.807) is 10.3 Å². The molecule has 1 aromatic heterocycles. The minimum atomic E-state index is -1.46. The summed E-state index contributed by atoms with van der Waals surface area (Å²) in [6, 6.07) is 0. The molecule has 0 amide bonds. The topological polar surface area (TPSA) is 149 Å². The lowest BCUT2D eigenvalue weighted by molar-refractivity contribution is -0.302. The summed E-state index contributed by atoms with van der Waals surface area (Å²) in [6.07, 6.45) is 12.8. The number of aliphatic hydroxyl groups is 4. The van der Waals surface area contributed by atoms with Crippen molar-refractivity contribution in [1.29, 1.82) is 0 Å². The molecular formula is C40H67N3O8. The van der Waals surface area contributed by atoms with Crippen molar-refractivity contribution in [3.05, 3.63) is 23.5 Å². The van der Waals surface area contributed by atoms with Crippen LogP contribution >= 0.6 is 0 Å². The number of aromatic nitrogens is 3. The Kier molecular flexibility index (Phi) is 13.0. The minimum absolute atomic E-state index is 0.107. The van der Waals surface area contributed by atoms with E-state index in [1.807, 2.05) is 6.20 Å². The Morgan fingerprint density at radius 3 is 2.55 bits per heavy atom. The lowest BCUT2D eigenvalue weighted by Crippen LogP contribution is -2.59. The number of ether oxygens (including phenoxy) is 4. The molecule has 1 saturated heterocycles. The second-order valence-corrected chi connectivity index (χ2v) is 17.6. The van der Waals surface area contributed by atoms with Crippen molar-refractivity contribution in [2.45, 2.75) is 155 Å². The van der Waals surface area contributed by atoms with Crippen LogP contribution in [0.15, 0.2) is 17.8 Å². The number of nitrogens with zero attached hydrogens (tertiary/aromatic N) is 3. The van der Waals surface area contributed by atoms with E-state index in [0.29, 0.717) is 30.6 Å². The molecule has 0 bridgehead atoms. The molecule has 4 aliphatic carbocycles. The summed E-state index contributed by atoms with van der Waals surface area (Å²) in [5.74, 6) is 5.11. The molecule has 1 aliphatic heterocycles. The van der Waals surface area contributed by atoms with Crippen LogP contribution in [-0.2, 0) is 32.1 Å². The van der Waals surface area contributed by atoms with Gasteiger partial charge in [0.1, 0.15) is 30.1 Å². The zero-order valence-corrected chi connectivity index (χ0v) is 31.9. The largest absolute Gasteiger partial charge is 0.394 e. The van der Waals surface area contributed by atoms with E-state index in [0.717, 1.165) is 54.0 Å². The Balaban J connectivity index is 0.917. The molecule has 51 heavy (non-hydrogen) atoms. The van der Waals surface area contributed by atoms with E-state index in [9.17, 15) is 20.4 Å². The molecule has 6 rings (SSSR count). The summed E-state index contributed by atoms with van der Waals surface area (Å²) < 4.78 is 24.7. The first-order valence-corrected chi connectivity index (χ1v) is 20.1. The van der Waals surface area contributed by atoms with Gasteiger partial charge < -0.3 is 39.4 Å². The van der Waals surface area contributed by atoms with Crippen LogP contribution in [0.1, 0.15) is 111 Å². The van der Waals surface area contributed by atoms with Crippen molar-refractivity contribution in [2.24, 2.45) is 46.3 Å². The molecule has 290 valence electrons. The van der Waals surface area contributed by atoms with Crippen molar-refractivity contribution in [1.82, 2.24) is 15.0 Å². The Morgan fingerprint density at radius 1 is 0.941 bits per heavy atom. The van der Waals surface area contributed by atoms with Gasteiger partial charge in [-0.15, -0.1) is 5.10 Å². The maximum Gasteiger partial charge on any atom is 0.186 e. The number of allylic oxidation sites excluding steroid dienone is 1. The number of rotatable bonds is 16. The van der Waals surface area contributed by atoms with Gasteiger partial charge in [0, 0.05) is 0 Å². The van der Waals surface area contributed by atoms with Crippen LogP contribution < -0.4 is 0 Å². The highest BCUT2D eigenvalue weighted by Crippen LogP contribution is 2.67. The predicted octanol–water partition coefficient (Wildman–Crippen LogP) is 5.04. The fraction of sp³-hybridized carbons (Fsp3) is 0.900. The molecule has 11 nitrogen and oxygen atoms in total. The van der Waals surface area contributed by atoms with E-state index in [1.165, 1.54) is 57.8 Å². The Hall–Kier alpha value is -1.44. The predicted molar refractivity (Wildman–Crippen MR) is 192 cm³/mol. The van der Waals surface area contributed by atoms with Gasteiger partial charge in [-0.05, 0) is 97.7 Å². The molecule has 2 heterocycles. The second kappa shape index (κ2) is 16.9. The number of fused-ring (bicyclic) bond motifs is 5. The second-order valence-electron chi connectivity index (χ2n) is 17.6. The van der Waals surface area contributed by atoms with Crippen molar-refractivity contribution in [2.75, 3.05) is 26.4 Å². The monoisotopic (exact) mass is 717 g/mol. The molecule has 13 atom stereocenters. The molecule has 0 spiro atoms. The van der Waals surface area contributed by atoms with Gasteiger partial charge in [-0.2, -0.15) is 0 Å². The van der Waals surface area contributed by atoms with Gasteiger partial charge in [-0.3, -0.25) is 0 Å². The highest BCUT2D eigenvalue weighted by atomic mass is 16.7. The van der Waals surface area contributed by atoms with Crippen LogP contribution in [-0.4, -0.2) is 98.7 Å². The van der Waals surface area contributed by atoms with Gasteiger partial charge in [0.25, 0.3) is 0 Å². The van der Waals surface area contributed by atoms with Crippen LogP contribution in [0.25, 0.3) is 0 Å². The fourth-order valence-corrected chi connectivity index (χ4v) is 11.2. The maximum absolute atomic E-state index is 10.1. The lowest BCUT2D eigenvalue weighted by atomic mass is 9.47.